The van der Waals surface area contributed by atoms with E-state index in [1.807, 2.05) is 19.9 Å². The molecular formula is C19H20F2N6O2S. The van der Waals surface area contributed by atoms with Crippen molar-refractivity contribution in [1.29, 1.82) is 5.26 Å². The van der Waals surface area contributed by atoms with Crippen molar-refractivity contribution in [3.05, 3.63) is 52.6 Å². The van der Waals surface area contributed by atoms with Crippen LogP contribution in [0.5, 0.6) is 5.75 Å². The molecule has 11 heteroatoms. The molecule has 0 bridgehead atoms. The first kappa shape index (κ1) is 22.9. The summed E-state index contributed by atoms with van der Waals surface area (Å²) in [6.07, 6.45) is 2.73. The molecule has 30 heavy (non-hydrogen) atoms. The zero-order valence-corrected chi connectivity index (χ0v) is 17.6. The Balaban J connectivity index is 0.00000155. The minimum Gasteiger partial charge on any atom is -0.435 e. The molecule has 0 aliphatic heterocycles. The second kappa shape index (κ2) is 10.4. The van der Waals surface area contributed by atoms with Gasteiger partial charge < -0.3 is 10.1 Å². The lowest BCUT2D eigenvalue weighted by Gasteiger charge is -2.14. The summed E-state index contributed by atoms with van der Waals surface area (Å²) >= 11 is 1.13. The van der Waals surface area contributed by atoms with Crippen molar-refractivity contribution in [3.8, 4) is 17.0 Å². The Morgan fingerprint density at radius 1 is 1.30 bits per heavy atom. The number of amides is 1. The van der Waals surface area contributed by atoms with Crippen molar-refractivity contribution in [2.45, 2.75) is 40.3 Å². The van der Waals surface area contributed by atoms with Crippen molar-refractivity contribution in [2.24, 2.45) is 0 Å². The van der Waals surface area contributed by atoms with E-state index in [1.54, 1.807) is 19.9 Å². The molecule has 0 radical (unpaired) electrons. The molecule has 2 heterocycles. The highest BCUT2D eigenvalue weighted by Crippen LogP contribution is 2.22. The lowest BCUT2D eigenvalue weighted by Crippen LogP contribution is -2.28. The molecule has 3 rings (SSSR count). The van der Waals surface area contributed by atoms with Crippen LogP contribution in [-0.4, -0.2) is 32.3 Å². The summed E-state index contributed by atoms with van der Waals surface area (Å²) in [5, 5.41) is 16.2. The standard InChI is InChI=1S/C17H14F2N6O2S.C2H6/c1-9-3-11(5-12(4-9)27-16(18)19)15(26)24-10(2)14-22-8-23-25(14)17-21-7-13(6-20)28-17;1-2/h3-5,7-8,10,16H,1-2H3,(H,24,26);1-2H3/t10-;/m0./s1. The summed E-state index contributed by atoms with van der Waals surface area (Å²) in [7, 11) is 0. The van der Waals surface area contributed by atoms with Gasteiger partial charge in [0.05, 0.1) is 12.2 Å². The molecule has 8 nitrogen and oxygen atoms in total. The molecule has 1 atom stereocenters. The maximum atomic E-state index is 12.6. The second-order valence-corrected chi connectivity index (χ2v) is 6.77. The third-order valence-electron chi connectivity index (χ3n) is 3.63. The van der Waals surface area contributed by atoms with Crippen LogP contribution in [0.1, 0.15) is 53.4 Å². The second-order valence-electron chi connectivity index (χ2n) is 5.76. The van der Waals surface area contributed by atoms with Gasteiger partial charge in [-0.15, -0.1) is 0 Å². The number of ether oxygens (including phenoxy) is 1. The molecular weight excluding hydrogens is 414 g/mol. The van der Waals surface area contributed by atoms with E-state index in [4.69, 9.17) is 5.26 Å². The number of carbonyl (C=O) groups is 1. The quantitative estimate of drug-likeness (QED) is 0.628. The molecule has 2 aromatic heterocycles. The molecule has 158 valence electrons. The van der Waals surface area contributed by atoms with Gasteiger partial charge in [-0.1, -0.05) is 25.2 Å². The molecule has 1 aromatic carbocycles. The van der Waals surface area contributed by atoms with Gasteiger partial charge in [0, 0.05) is 5.56 Å². The zero-order valence-electron chi connectivity index (χ0n) is 16.8. The minimum atomic E-state index is -2.98. The average molecular weight is 434 g/mol. The van der Waals surface area contributed by atoms with E-state index < -0.39 is 18.6 Å². The van der Waals surface area contributed by atoms with E-state index in [9.17, 15) is 13.6 Å². The number of carbonyl (C=O) groups excluding carboxylic acids is 1. The summed E-state index contributed by atoms with van der Waals surface area (Å²) in [5.41, 5.74) is 0.778. The first-order chi connectivity index (χ1) is 14.4. The van der Waals surface area contributed by atoms with Crippen LogP contribution in [0.4, 0.5) is 8.78 Å². The van der Waals surface area contributed by atoms with Gasteiger partial charge in [-0.25, -0.2) is 9.97 Å². The molecule has 0 unspecified atom stereocenters. The van der Waals surface area contributed by atoms with Crippen molar-refractivity contribution < 1.29 is 18.3 Å². The van der Waals surface area contributed by atoms with E-state index in [0.717, 1.165) is 11.3 Å². The molecule has 0 saturated heterocycles. The molecule has 1 amide bonds. The van der Waals surface area contributed by atoms with Gasteiger partial charge in [-0.2, -0.15) is 23.8 Å². The fourth-order valence-electron chi connectivity index (χ4n) is 2.50. The number of halogens is 2. The smallest absolute Gasteiger partial charge is 0.387 e. The Hall–Kier alpha value is -3.39. The number of hydrogen-bond acceptors (Lipinski definition) is 7. The first-order valence-corrected chi connectivity index (χ1v) is 9.82. The van der Waals surface area contributed by atoms with E-state index in [1.165, 1.54) is 29.3 Å². The lowest BCUT2D eigenvalue weighted by molar-refractivity contribution is -0.0499. The Morgan fingerprint density at radius 2 is 2.03 bits per heavy atom. The highest BCUT2D eigenvalue weighted by molar-refractivity contribution is 7.14. The van der Waals surface area contributed by atoms with Crippen LogP contribution >= 0.6 is 11.3 Å². The highest BCUT2D eigenvalue weighted by Gasteiger charge is 2.20. The van der Waals surface area contributed by atoms with Crippen molar-refractivity contribution in [3.63, 3.8) is 0 Å². The largest absolute Gasteiger partial charge is 0.435 e. The lowest BCUT2D eigenvalue weighted by atomic mass is 10.1. The van der Waals surface area contributed by atoms with E-state index >= 15 is 0 Å². The SMILES string of the molecule is CC.Cc1cc(OC(F)F)cc(C(=O)N[C@@H](C)c2ncnn2-c2ncc(C#N)s2)c1. The van der Waals surface area contributed by atoms with E-state index in [-0.39, 0.29) is 11.3 Å². The maximum Gasteiger partial charge on any atom is 0.387 e. The number of benzene rings is 1. The van der Waals surface area contributed by atoms with Gasteiger partial charge in [0.1, 0.15) is 23.0 Å². The fourth-order valence-corrected chi connectivity index (χ4v) is 3.18. The van der Waals surface area contributed by atoms with Crippen LogP contribution in [0.2, 0.25) is 0 Å². The van der Waals surface area contributed by atoms with Crippen molar-refractivity contribution in [2.75, 3.05) is 0 Å². The summed E-state index contributed by atoms with van der Waals surface area (Å²) < 4.78 is 30.7. The Bertz CT molecular complexity index is 1040. The number of thiazole rings is 1. The predicted molar refractivity (Wildman–Crippen MR) is 107 cm³/mol. The number of hydrogen-bond donors (Lipinski definition) is 1. The molecule has 0 spiro atoms. The van der Waals surface area contributed by atoms with Crippen molar-refractivity contribution >= 4 is 17.2 Å². The van der Waals surface area contributed by atoms with Crippen LogP contribution in [-0.2, 0) is 0 Å². The van der Waals surface area contributed by atoms with E-state index in [2.05, 4.69) is 25.1 Å². The van der Waals surface area contributed by atoms with Crippen LogP contribution in [0.15, 0.2) is 30.7 Å². The molecule has 0 saturated carbocycles. The van der Waals surface area contributed by atoms with Crippen LogP contribution in [0.3, 0.4) is 0 Å². The van der Waals surface area contributed by atoms with Gasteiger partial charge in [0.25, 0.3) is 5.91 Å². The first-order valence-electron chi connectivity index (χ1n) is 9.01. The van der Waals surface area contributed by atoms with Crippen LogP contribution < -0.4 is 10.1 Å². The summed E-state index contributed by atoms with van der Waals surface area (Å²) in [4.78, 5) is 21.2. The Labute approximate surface area is 176 Å². The molecule has 0 aliphatic carbocycles. The molecule has 3 aromatic rings. The number of nitrogens with zero attached hydrogens (tertiary/aromatic N) is 5. The monoisotopic (exact) mass is 434 g/mol. The Morgan fingerprint density at radius 3 is 2.67 bits per heavy atom. The molecule has 1 N–H and O–H groups in total. The number of nitrogens with one attached hydrogen (secondary N) is 1. The predicted octanol–water partition coefficient (Wildman–Crippen LogP) is 4.02. The normalized spacial score (nSPS) is 11.3. The summed E-state index contributed by atoms with van der Waals surface area (Å²) in [6, 6.07) is 5.65. The van der Waals surface area contributed by atoms with Gasteiger partial charge in [0.2, 0.25) is 5.13 Å². The Kier molecular flexibility index (Phi) is 7.94. The highest BCUT2D eigenvalue weighted by atomic mass is 32.1. The number of aromatic nitrogens is 4. The number of alkyl halides is 2. The number of nitriles is 1. The average Bonchev–Trinajstić information content (AvgIpc) is 3.37. The maximum absolute atomic E-state index is 12.6. The van der Waals surface area contributed by atoms with Gasteiger partial charge in [0.15, 0.2) is 5.82 Å². The van der Waals surface area contributed by atoms with Crippen molar-refractivity contribution in [1.82, 2.24) is 25.1 Å². The summed E-state index contributed by atoms with van der Waals surface area (Å²) in [5.74, 6) is -0.173. The topological polar surface area (TPSA) is 106 Å². The number of rotatable bonds is 6. The van der Waals surface area contributed by atoms with Crippen LogP contribution in [0.25, 0.3) is 5.13 Å². The van der Waals surface area contributed by atoms with E-state index in [0.29, 0.717) is 21.4 Å². The number of aryl methyl sites for hydroxylation is 1. The zero-order chi connectivity index (χ0) is 22.3. The minimum absolute atomic E-state index is 0.0946. The van der Waals surface area contributed by atoms with Gasteiger partial charge in [-0.05, 0) is 37.6 Å². The molecule has 0 fully saturated rings. The summed E-state index contributed by atoms with van der Waals surface area (Å²) in [6.45, 7) is 4.39. The molecule has 0 aliphatic rings. The fraction of sp³-hybridized carbons (Fsp3) is 0.316. The van der Waals surface area contributed by atoms with Crippen LogP contribution in [0, 0.1) is 18.3 Å². The third kappa shape index (κ3) is 5.57. The third-order valence-corrected chi connectivity index (χ3v) is 4.51. The van der Waals surface area contributed by atoms with Gasteiger partial charge in [-0.3, -0.25) is 4.79 Å². The van der Waals surface area contributed by atoms with Gasteiger partial charge >= 0.3 is 6.61 Å².